The van der Waals surface area contributed by atoms with Gasteiger partial charge >= 0.3 is 13.3 Å². The molecule has 0 bridgehead atoms. The number of nitrogens with one attached hydrogen (secondary N) is 4. The fraction of sp³-hybridized carbons (Fsp3) is 0.390. The number of fused-ring (bicyclic) bond motifs is 2. The number of nitrogens with two attached hydrogens (primary N) is 1. The Morgan fingerprint density at radius 2 is 1.59 bits per heavy atom. The van der Waals surface area contributed by atoms with Crippen LogP contribution in [-0.4, -0.2) is 102 Å². The highest BCUT2D eigenvalue weighted by Gasteiger charge is 2.51. The second-order valence-corrected chi connectivity index (χ2v) is 22.8. The van der Waals surface area contributed by atoms with Crippen LogP contribution in [-0.2, 0) is 63.2 Å². The highest BCUT2D eigenvalue weighted by Crippen LogP contribution is 2.59. The molecule has 5 atom stereocenters. The van der Waals surface area contributed by atoms with Crippen molar-refractivity contribution in [1.82, 2.24) is 30.8 Å². The van der Waals surface area contributed by atoms with Gasteiger partial charge in [0.05, 0.1) is 22.8 Å². The van der Waals surface area contributed by atoms with Crippen molar-refractivity contribution in [3.05, 3.63) is 130 Å². The molecule has 4 aliphatic rings. The van der Waals surface area contributed by atoms with Crippen LogP contribution in [0.4, 0.5) is 14.5 Å². The number of halogens is 2. The maximum atomic E-state index is 14.6. The lowest BCUT2D eigenvalue weighted by Gasteiger charge is -2.29. The first-order valence-electron chi connectivity index (χ1n) is 27.3. The maximum absolute atomic E-state index is 14.6. The van der Waals surface area contributed by atoms with Gasteiger partial charge in [-0.1, -0.05) is 98.2 Å². The summed E-state index contributed by atoms with van der Waals surface area (Å²) in [6.07, 6.45) is 5.77. The molecular formula is C59H61F2N8O12P. The maximum Gasteiger partial charge on any atom is 0.399 e. The van der Waals surface area contributed by atoms with Crippen molar-refractivity contribution in [2.45, 2.75) is 145 Å². The minimum Gasteiger partial charge on any atom is -0.370 e. The molecule has 0 spiro atoms. The van der Waals surface area contributed by atoms with Gasteiger partial charge in [-0.2, -0.15) is 8.78 Å². The number of ketones is 2. The third kappa shape index (κ3) is 12.8. The summed E-state index contributed by atoms with van der Waals surface area (Å²) >= 11 is 0. The monoisotopic (exact) mass is 1140 g/mol. The fourth-order valence-corrected chi connectivity index (χ4v) is 11.7. The van der Waals surface area contributed by atoms with Crippen molar-refractivity contribution in [2.24, 2.45) is 5.73 Å². The standard InChI is InChI=1S/C59H61F2N8O12P/c60-59(61,82(79,80)81)38-23-25-42-45(31-38)64-53(63-42)56(76)66-44-24-22-36-18-12-19-37-30-47(69(52(36)37)58(44)78)55(75)65-43(26-28-50(62)72)49(71)32-40(34-14-9-7-10-15-34)48(70)21-11-6-4-2-1-3-5-8-16-35-17-13-20-39-41(35)33-68(57(39)77)46-27-29-51(73)67-54(46)74/h7,9-10,12-15,17-20,23,25,31,40,43-44,46-47H,1-6,11,21-22,24,26-30,32-33H2,(H2,62,72)(H,63,64)(H,65,75)(H,66,76)(H,67,73,74)(H2,79,80,81)/t40-,43-,44-,46?,47-/m0/s1. The van der Waals surface area contributed by atoms with Crippen LogP contribution >= 0.6 is 7.60 Å². The number of benzene rings is 4. The summed E-state index contributed by atoms with van der Waals surface area (Å²) in [6, 6.07) is 17.7. The molecule has 4 aromatic carbocycles. The number of carbonyl (C=O) groups is 9. The Balaban J connectivity index is 0.792. The Labute approximate surface area is 469 Å². The van der Waals surface area contributed by atoms with E-state index in [4.69, 9.17) is 5.73 Å². The van der Waals surface area contributed by atoms with Gasteiger partial charge < -0.3 is 36.0 Å². The predicted molar refractivity (Wildman–Crippen MR) is 294 cm³/mol. The molecule has 5 aromatic rings. The number of piperidine rings is 1. The second kappa shape index (κ2) is 24.9. The number of imidazole rings is 1. The number of amides is 7. The molecule has 20 nitrogen and oxygen atoms in total. The van der Waals surface area contributed by atoms with Crippen LogP contribution in [0, 0.1) is 11.8 Å². The molecule has 1 unspecified atom stereocenters. The zero-order valence-corrected chi connectivity index (χ0v) is 45.5. The number of carbonyl (C=O) groups excluding carboxylic acids is 9. The topological polar surface area (TPSA) is 308 Å². The summed E-state index contributed by atoms with van der Waals surface area (Å²) in [5.74, 6) is 0.397. The number of Topliss-reactive ketones (excluding diaryl/α,β-unsaturated/α-hetero) is 2. The Morgan fingerprint density at radius 1 is 0.854 bits per heavy atom. The largest absolute Gasteiger partial charge is 0.399 e. The van der Waals surface area contributed by atoms with Crippen molar-refractivity contribution in [1.29, 1.82) is 0 Å². The van der Waals surface area contributed by atoms with Crippen LogP contribution < -0.4 is 26.6 Å². The number of rotatable bonds is 23. The van der Waals surface area contributed by atoms with E-state index in [2.05, 4.69) is 37.8 Å². The zero-order chi connectivity index (χ0) is 58.5. The Kier molecular flexibility index (Phi) is 17.7. The molecule has 0 radical (unpaired) electrons. The number of alkyl halides is 2. The number of aromatic amines is 1. The lowest BCUT2D eigenvalue weighted by molar-refractivity contribution is -0.137. The number of imide groups is 1. The predicted octanol–water partition coefficient (Wildman–Crippen LogP) is 5.79. The number of hydrogen-bond acceptors (Lipinski definition) is 11. The first kappa shape index (κ1) is 58.4. The summed E-state index contributed by atoms with van der Waals surface area (Å²) in [4.78, 5) is 149. The third-order valence-corrected chi connectivity index (χ3v) is 16.6. The van der Waals surface area contributed by atoms with Gasteiger partial charge in [-0.15, -0.1) is 0 Å². The molecule has 4 aliphatic heterocycles. The summed E-state index contributed by atoms with van der Waals surface area (Å²) in [7, 11) is -5.90. The van der Waals surface area contributed by atoms with Crippen LogP contribution in [0.25, 0.3) is 11.0 Å². The smallest absolute Gasteiger partial charge is 0.370 e. The van der Waals surface area contributed by atoms with Gasteiger partial charge in [-0.25, -0.2) is 4.98 Å². The molecule has 1 saturated heterocycles. The van der Waals surface area contributed by atoms with Crippen LogP contribution in [0.15, 0.2) is 84.9 Å². The molecule has 0 saturated carbocycles. The highest BCUT2D eigenvalue weighted by molar-refractivity contribution is 7.52. The Morgan fingerprint density at radius 3 is 2.33 bits per heavy atom. The Hall–Kier alpha value is -8.25. The van der Waals surface area contributed by atoms with Gasteiger partial charge in [-0.05, 0) is 85.0 Å². The summed E-state index contributed by atoms with van der Waals surface area (Å²) < 4.78 is 40.6. The van der Waals surface area contributed by atoms with Gasteiger partial charge in [-0.3, -0.25) is 57.9 Å². The van der Waals surface area contributed by atoms with Crippen LogP contribution in [0.2, 0.25) is 0 Å². The van der Waals surface area contributed by atoms with E-state index < -0.39 is 84.2 Å². The van der Waals surface area contributed by atoms with E-state index in [9.17, 15) is 66.3 Å². The number of aromatic nitrogens is 2. The number of primary amides is 1. The minimum absolute atomic E-state index is 0.0224. The van der Waals surface area contributed by atoms with E-state index in [1.54, 1.807) is 60.7 Å². The van der Waals surface area contributed by atoms with Crippen molar-refractivity contribution in [3.8, 4) is 11.8 Å². The van der Waals surface area contributed by atoms with Crippen molar-refractivity contribution < 1.29 is 66.3 Å². The van der Waals surface area contributed by atoms with Crippen molar-refractivity contribution >= 4 is 77.2 Å². The summed E-state index contributed by atoms with van der Waals surface area (Å²) in [6.45, 7) is 0.245. The van der Waals surface area contributed by atoms with E-state index in [1.165, 1.54) is 9.80 Å². The first-order chi connectivity index (χ1) is 39.2. The first-order valence-corrected chi connectivity index (χ1v) is 28.9. The number of H-pyrrole nitrogens is 1. The third-order valence-electron chi connectivity index (χ3n) is 15.6. The highest BCUT2D eigenvalue weighted by atomic mass is 31.2. The number of para-hydroxylation sites is 1. The molecule has 5 heterocycles. The van der Waals surface area contributed by atoms with Crippen LogP contribution in [0.3, 0.4) is 0 Å². The molecule has 0 aliphatic carbocycles. The molecule has 428 valence electrons. The normalized spacial score (nSPS) is 18.4. The molecule has 23 heteroatoms. The van der Waals surface area contributed by atoms with Gasteiger partial charge in [0.15, 0.2) is 11.6 Å². The van der Waals surface area contributed by atoms with Crippen molar-refractivity contribution in [2.75, 3.05) is 4.90 Å². The number of aryl methyl sites for hydroxylation is 1. The van der Waals surface area contributed by atoms with E-state index in [1.807, 2.05) is 6.07 Å². The van der Waals surface area contributed by atoms with Gasteiger partial charge in [0.25, 0.3) is 11.8 Å². The quantitative estimate of drug-likeness (QED) is 0.0177. The molecule has 7 amide bonds. The number of unbranched alkanes of at least 4 members (excludes halogenated alkanes) is 6. The molecule has 1 aromatic heterocycles. The van der Waals surface area contributed by atoms with E-state index in [-0.39, 0.29) is 98.8 Å². The zero-order valence-electron chi connectivity index (χ0n) is 44.6. The fourth-order valence-electron chi connectivity index (χ4n) is 11.2. The van der Waals surface area contributed by atoms with Crippen LogP contribution in [0.5, 0.6) is 0 Å². The van der Waals surface area contributed by atoms with Gasteiger partial charge in [0.1, 0.15) is 23.9 Å². The summed E-state index contributed by atoms with van der Waals surface area (Å²) in [5, 5.41) is 7.74. The molecule has 82 heavy (non-hydrogen) atoms. The second-order valence-electron chi connectivity index (χ2n) is 21.1. The van der Waals surface area contributed by atoms with Crippen LogP contribution in [0.1, 0.15) is 150 Å². The average molecular weight is 1140 g/mol. The molecular weight excluding hydrogens is 1080 g/mol. The lowest BCUT2D eigenvalue weighted by atomic mass is 9.85. The number of anilines is 1. The number of hydrogen-bond donors (Lipinski definition) is 7. The summed E-state index contributed by atoms with van der Waals surface area (Å²) in [5.41, 5.74) is 4.36. The molecule has 9 rings (SSSR count). The van der Waals surface area contributed by atoms with Crippen molar-refractivity contribution in [3.63, 3.8) is 0 Å². The lowest BCUT2D eigenvalue weighted by Crippen LogP contribution is -2.56. The van der Waals surface area contributed by atoms with Gasteiger partial charge in [0.2, 0.25) is 29.5 Å². The van der Waals surface area contributed by atoms with E-state index >= 15 is 0 Å². The number of nitrogens with zero attached hydrogens (tertiary/aromatic N) is 3. The SMILES string of the molecule is NC(=O)CC[C@H](NC(=O)[C@@H]1Cc2cccc3c2N1C(=O)[C@@H](NC(=O)c1nc2ccc(C(F)(F)P(=O)(O)O)cc2[nH]1)CC3)C(=O)C[C@H](C(=O)CCCCCCCCC#Cc1cccc2c1CN(C1CCC(=O)NC1=O)C2=O)c1ccccc1. The van der Waals surface area contributed by atoms with E-state index in [0.717, 1.165) is 61.4 Å². The van der Waals surface area contributed by atoms with Gasteiger partial charge in [0, 0.05) is 67.7 Å². The molecule has 8 N–H and O–H groups in total. The minimum atomic E-state index is -5.90. The Bertz CT molecular complexity index is 3500. The van der Waals surface area contributed by atoms with E-state index in [0.29, 0.717) is 40.8 Å². The molecule has 1 fully saturated rings. The average Bonchev–Trinajstić information content (AvgIpc) is 4.17.